The molecule has 0 atom stereocenters. The summed E-state index contributed by atoms with van der Waals surface area (Å²) < 4.78 is 1.19. The van der Waals surface area contributed by atoms with E-state index in [4.69, 9.17) is 0 Å². The maximum atomic E-state index is 4.27. The molecule has 0 unspecified atom stereocenters. The molecule has 1 rings (SSSR count). The second-order valence-corrected chi connectivity index (χ2v) is 4.57. The van der Waals surface area contributed by atoms with Crippen LogP contribution in [0.15, 0.2) is 10.5 Å². The maximum absolute atomic E-state index is 4.27. The molecule has 0 radical (unpaired) electrons. The molecule has 1 aromatic rings. The minimum absolute atomic E-state index is 1.19. The molecule has 62 valence electrons. The van der Waals surface area contributed by atoms with Gasteiger partial charge in [-0.05, 0) is 19.1 Å². The molecule has 1 aromatic heterocycles. The van der Waals surface area contributed by atoms with Crippen LogP contribution in [0.3, 0.4) is 0 Å². The fourth-order valence-corrected chi connectivity index (χ4v) is 2.34. The summed E-state index contributed by atoms with van der Waals surface area (Å²) in [5.41, 5.74) is 0. The third-order valence-corrected chi connectivity index (χ3v) is 3.54. The van der Waals surface area contributed by atoms with Gasteiger partial charge in [0.15, 0.2) is 0 Å². The van der Waals surface area contributed by atoms with Gasteiger partial charge in [0, 0.05) is 11.1 Å². The topological polar surface area (TPSA) is 12.9 Å². The summed E-state index contributed by atoms with van der Waals surface area (Å²) in [5.74, 6) is 0. The SMILES string of the molecule is CCCCc1cnc(SC)s1. The van der Waals surface area contributed by atoms with E-state index in [-0.39, 0.29) is 0 Å². The predicted octanol–water partition coefficient (Wildman–Crippen LogP) is 3.21. The molecule has 3 heteroatoms. The average molecular weight is 187 g/mol. The lowest BCUT2D eigenvalue weighted by molar-refractivity contribution is 0.803. The van der Waals surface area contributed by atoms with E-state index in [1.807, 2.05) is 17.5 Å². The standard InChI is InChI=1S/C8H13NS2/c1-3-4-5-7-6-9-8(10-2)11-7/h6H,3-5H2,1-2H3. The van der Waals surface area contributed by atoms with Gasteiger partial charge >= 0.3 is 0 Å². The number of nitrogens with zero attached hydrogens (tertiary/aromatic N) is 1. The van der Waals surface area contributed by atoms with Crippen LogP contribution in [0, 0.1) is 0 Å². The summed E-state index contributed by atoms with van der Waals surface area (Å²) in [7, 11) is 0. The number of aromatic nitrogens is 1. The number of thiazole rings is 1. The number of unbranched alkanes of at least 4 members (excludes halogenated alkanes) is 1. The fourth-order valence-electron chi connectivity index (χ4n) is 0.851. The summed E-state index contributed by atoms with van der Waals surface area (Å²) in [6, 6.07) is 0. The summed E-state index contributed by atoms with van der Waals surface area (Å²) in [6.45, 7) is 2.22. The molecular formula is C8H13NS2. The van der Waals surface area contributed by atoms with Gasteiger partial charge < -0.3 is 0 Å². The fraction of sp³-hybridized carbons (Fsp3) is 0.625. The lowest BCUT2D eigenvalue weighted by Gasteiger charge is -1.90. The third-order valence-electron chi connectivity index (χ3n) is 1.48. The van der Waals surface area contributed by atoms with Crippen LogP contribution >= 0.6 is 23.1 Å². The summed E-state index contributed by atoms with van der Waals surface area (Å²) in [6.07, 6.45) is 7.84. The van der Waals surface area contributed by atoms with Crippen molar-refractivity contribution in [3.05, 3.63) is 11.1 Å². The van der Waals surface area contributed by atoms with Crippen LogP contribution in [0.1, 0.15) is 24.6 Å². The molecule has 0 aliphatic rings. The van der Waals surface area contributed by atoms with Gasteiger partial charge in [0.05, 0.1) is 0 Å². The van der Waals surface area contributed by atoms with Gasteiger partial charge in [-0.2, -0.15) is 0 Å². The number of thioether (sulfide) groups is 1. The molecule has 1 heterocycles. The van der Waals surface area contributed by atoms with Crippen LogP contribution in [0.4, 0.5) is 0 Å². The lowest BCUT2D eigenvalue weighted by Crippen LogP contribution is -1.76. The quantitative estimate of drug-likeness (QED) is 0.671. The van der Waals surface area contributed by atoms with Crippen LogP contribution in [0.5, 0.6) is 0 Å². The number of hydrogen-bond donors (Lipinski definition) is 0. The van der Waals surface area contributed by atoms with E-state index in [1.165, 1.54) is 28.5 Å². The Labute approximate surface area is 76.2 Å². The van der Waals surface area contributed by atoms with E-state index in [0.29, 0.717) is 0 Å². The molecular weight excluding hydrogens is 174 g/mol. The summed E-state index contributed by atoms with van der Waals surface area (Å²) in [5, 5.41) is 0. The van der Waals surface area contributed by atoms with E-state index in [1.54, 1.807) is 11.8 Å². The Morgan fingerprint density at radius 1 is 1.64 bits per heavy atom. The Hall–Kier alpha value is -0.0200. The highest BCUT2D eigenvalue weighted by Crippen LogP contribution is 2.22. The van der Waals surface area contributed by atoms with Gasteiger partial charge in [-0.1, -0.05) is 25.1 Å². The first-order valence-electron chi connectivity index (χ1n) is 3.85. The first-order valence-corrected chi connectivity index (χ1v) is 5.89. The maximum Gasteiger partial charge on any atom is 0.149 e. The number of aryl methyl sites for hydroxylation is 1. The largest absolute Gasteiger partial charge is 0.238 e. The highest BCUT2D eigenvalue weighted by Gasteiger charge is 1.98. The molecule has 0 aliphatic heterocycles. The van der Waals surface area contributed by atoms with Crippen molar-refractivity contribution in [3.8, 4) is 0 Å². The second kappa shape index (κ2) is 4.78. The van der Waals surface area contributed by atoms with Gasteiger partial charge in [0.25, 0.3) is 0 Å². The summed E-state index contributed by atoms with van der Waals surface area (Å²) in [4.78, 5) is 5.70. The van der Waals surface area contributed by atoms with Gasteiger partial charge in [0.2, 0.25) is 0 Å². The van der Waals surface area contributed by atoms with Gasteiger partial charge in [0.1, 0.15) is 4.34 Å². The van der Waals surface area contributed by atoms with Crippen molar-refractivity contribution in [2.24, 2.45) is 0 Å². The first kappa shape index (κ1) is 9.07. The minimum atomic E-state index is 1.19. The van der Waals surface area contributed by atoms with Crippen LogP contribution in [-0.4, -0.2) is 11.2 Å². The van der Waals surface area contributed by atoms with Crippen LogP contribution < -0.4 is 0 Å². The van der Waals surface area contributed by atoms with Crippen LogP contribution in [-0.2, 0) is 6.42 Å². The average Bonchev–Trinajstić information content (AvgIpc) is 2.48. The molecule has 11 heavy (non-hydrogen) atoms. The smallest absolute Gasteiger partial charge is 0.149 e. The Morgan fingerprint density at radius 3 is 3.00 bits per heavy atom. The van der Waals surface area contributed by atoms with Gasteiger partial charge in [-0.3, -0.25) is 0 Å². The molecule has 0 saturated heterocycles. The van der Waals surface area contributed by atoms with Crippen LogP contribution in [0.2, 0.25) is 0 Å². The highest BCUT2D eigenvalue weighted by molar-refractivity contribution is 8.00. The molecule has 0 bridgehead atoms. The van der Waals surface area contributed by atoms with E-state index in [2.05, 4.69) is 18.2 Å². The third kappa shape index (κ3) is 2.83. The Morgan fingerprint density at radius 2 is 2.45 bits per heavy atom. The summed E-state index contributed by atoms with van der Waals surface area (Å²) >= 11 is 3.56. The van der Waals surface area contributed by atoms with Crippen molar-refractivity contribution in [1.29, 1.82) is 0 Å². The van der Waals surface area contributed by atoms with Crippen molar-refractivity contribution in [2.45, 2.75) is 30.5 Å². The van der Waals surface area contributed by atoms with Crippen molar-refractivity contribution in [2.75, 3.05) is 6.26 Å². The molecule has 0 aliphatic carbocycles. The zero-order chi connectivity index (χ0) is 8.10. The van der Waals surface area contributed by atoms with E-state index in [0.717, 1.165) is 0 Å². The first-order chi connectivity index (χ1) is 5.36. The molecule has 0 N–H and O–H groups in total. The van der Waals surface area contributed by atoms with E-state index in [9.17, 15) is 0 Å². The van der Waals surface area contributed by atoms with Crippen molar-refractivity contribution in [1.82, 2.24) is 4.98 Å². The van der Waals surface area contributed by atoms with Crippen molar-refractivity contribution in [3.63, 3.8) is 0 Å². The predicted molar refractivity (Wildman–Crippen MR) is 52.5 cm³/mol. The normalized spacial score (nSPS) is 10.4. The molecule has 0 fully saturated rings. The number of hydrogen-bond acceptors (Lipinski definition) is 3. The van der Waals surface area contributed by atoms with Gasteiger partial charge in [-0.15, -0.1) is 11.3 Å². The Balaban J connectivity index is 2.44. The monoisotopic (exact) mass is 187 g/mol. The number of rotatable bonds is 4. The van der Waals surface area contributed by atoms with E-state index < -0.39 is 0 Å². The zero-order valence-electron chi connectivity index (χ0n) is 6.96. The Bertz CT molecular complexity index is 208. The van der Waals surface area contributed by atoms with E-state index >= 15 is 0 Å². The molecule has 0 saturated carbocycles. The second-order valence-electron chi connectivity index (χ2n) is 2.40. The molecule has 0 amide bonds. The Kier molecular flexibility index (Phi) is 3.94. The van der Waals surface area contributed by atoms with Crippen molar-refractivity contribution < 1.29 is 0 Å². The van der Waals surface area contributed by atoms with Gasteiger partial charge in [-0.25, -0.2) is 4.98 Å². The zero-order valence-corrected chi connectivity index (χ0v) is 8.60. The van der Waals surface area contributed by atoms with Crippen LogP contribution in [0.25, 0.3) is 0 Å². The minimum Gasteiger partial charge on any atom is -0.238 e. The molecule has 1 nitrogen and oxygen atoms in total. The molecule has 0 aromatic carbocycles. The highest BCUT2D eigenvalue weighted by atomic mass is 32.2. The molecule has 0 spiro atoms. The lowest BCUT2D eigenvalue weighted by atomic mass is 10.2. The van der Waals surface area contributed by atoms with Crippen molar-refractivity contribution >= 4 is 23.1 Å².